The Hall–Kier alpha value is -1.32. The molecule has 0 aliphatic heterocycles. The first-order valence-corrected chi connectivity index (χ1v) is 2.87. The number of rotatable bonds is 4. The van der Waals surface area contributed by atoms with Crippen LogP contribution in [0.5, 0.6) is 0 Å². The molecule has 10 heavy (non-hydrogen) atoms. The lowest BCUT2D eigenvalue weighted by molar-refractivity contribution is -0.128. The summed E-state index contributed by atoms with van der Waals surface area (Å²) in [5.41, 5.74) is 0.932. The van der Waals surface area contributed by atoms with Crippen molar-refractivity contribution >= 4 is 6.47 Å². The first-order chi connectivity index (χ1) is 4.93. The third-order valence-corrected chi connectivity index (χ3v) is 1.06. The summed E-state index contributed by atoms with van der Waals surface area (Å²) in [5.74, 6) is 0. The van der Waals surface area contributed by atoms with Crippen molar-refractivity contribution in [1.82, 2.24) is 5.16 Å². The van der Waals surface area contributed by atoms with Crippen LogP contribution in [0.3, 0.4) is 0 Å². The van der Waals surface area contributed by atoms with Gasteiger partial charge in [0.25, 0.3) is 6.47 Å². The molecule has 0 atom stereocenters. The second-order valence-corrected chi connectivity index (χ2v) is 1.75. The summed E-state index contributed by atoms with van der Waals surface area (Å²) in [7, 11) is 0. The van der Waals surface area contributed by atoms with Crippen molar-refractivity contribution in [2.45, 2.75) is 6.42 Å². The first-order valence-electron chi connectivity index (χ1n) is 2.87. The largest absolute Gasteiger partial charge is 0.468 e. The van der Waals surface area contributed by atoms with Crippen molar-refractivity contribution in [1.29, 1.82) is 0 Å². The lowest BCUT2D eigenvalue weighted by Gasteiger charge is -1.92. The summed E-state index contributed by atoms with van der Waals surface area (Å²) >= 11 is 0. The van der Waals surface area contributed by atoms with E-state index in [-0.39, 0.29) is 0 Å². The summed E-state index contributed by atoms with van der Waals surface area (Å²) in [6.07, 6.45) is 3.77. The van der Waals surface area contributed by atoms with E-state index >= 15 is 0 Å². The van der Waals surface area contributed by atoms with Crippen LogP contribution in [0.15, 0.2) is 17.0 Å². The summed E-state index contributed by atoms with van der Waals surface area (Å²) in [6, 6.07) is 0. The van der Waals surface area contributed by atoms with Gasteiger partial charge in [0.05, 0.1) is 12.8 Å². The molecular weight excluding hydrogens is 134 g/mol. The van der Waals surface area contributed by atoms with Crippen LogP contribution < -0.4 is 0 Å². The average Bonchev–Trinajstić information content (AvgIpc) is 2.41. The van der Waals surface area contributed by atoms with E-state index < -0.39 is 0 Å². The van der Waals surface area contributed by atoms with Gasteiger partial charge in [-0.25, -0.2) is 0 Å². The maximum Gasteiger partial charge on any atom is 0.293 e. The van der Waals surface area contributed by atoms with Crippen LogP contribution in [0.4, 0.5) is 0 Å². The molecule has 0 spiro atoms. The number of hydrogen-bond donors (Lipinski definition) is 0. The summed E-state index contributed by atoms with van der Waals surface area (Å²) in [5, 5.41) is 3.48. The van der Waals surface area contributed by atoms with Gasteiger partial charge in [-0.15, -0.1) is 0 Å². The third-order valence-electron chi connectivity index (χ3n) is 1.06. The molecule has 0 saturated carbocycles. The minimum atomic E-state index is 0.380. The fraction of sp³-hybridized carbons (Fsp3) is 0.333. The van der Waals surface area contributed by atoms with Crippen molar-refractivity contribution in [3.63, 3.8) is 0 Å². The molecule has 0 amide bonds. The molecular formula is C6H7NO3. The van der Waals surface area contributed by atoms with Gasteiger partial charge < -0.3 is 9.26 Å². The first kappa shape index (κ1) is 6.80. The highest BCUT2D eigenvalue weighted by Gasteiger charge is 1.93. The van der Waals surface area contributed by atoms with Crippen LogP contribution in [0.2, 0.25) is 0 Å². The highest BCUT2D eigenvalue weighted by molar-refractivity contribution is 5.36. The predicted molar refractivity (Wildman–Crippen MR) is 32.2 cm³/mol. The molecule has 0 aliphatic rings. The van der Waals surface area contributed by atoms with E-state index in [4.69, 9.17) is 0 Å². The molecule has 1 aromatic heterocycles. The molecule has 54 valence electrons. The van der Waals surface area contributed by atoms with Gasteiger partial charge in [-0.3, -0.25) is 4.79 Å². The van der Waals surface area contributed by atoms with Gasteiger partial charge in [0.1, 0.15) is 6.26 Å². The van der Waals surface area contributed by atoms with Gasteiger partial charge in [-0.2, -0.15) is 0 Å². The van der Waals surface area contributed by atoms with Crippen molar-refractivity contribution < 1.29 is 14.1 Å². The molecule has 0 bridgehead atoms. The smallest absolute Gasteiger partial charge is 0.293 e. The summed E-state index contributed by atoms with van der Waals surface area (Å²) < 4.78 is 9.01. The molecule has 1 rings (SSSR count). The third kappa shape index (κ3) is 1.89. The van der Waals surface area contributed by atoms with Gasteiger partial charge in [0, 0.05) is 12.0 Å². The molecule has 0 saturated heterocycles. The number of aromatic nitrogens is 1. The van der Waals surface area contributed by atoms with Crippen LogP contribution in [-0.2, 0) is 16.0 Å². The minimum Gasteiger partial charge on any atom is -0.468 e. The normalized spacial score (nSPS) is 9.20. The fourth-order valence-electron chi connectivity index (χ4n) is 0.575. The Balaban J connectivity index is 2.21. The predicted octanol–water partition coefficient (Wildman–Crippen LogP) is 0.390. The van der Waals surface area contributed by atoms with E-state index in [0.717, 1.165) is 5.56 Å². The summed E-state index contributed by atoms with van der Waals surface area (Å²) in [6.45, 7) is 0.804. The van der Waals surface area contributed by atoms with Gasteiger partial charge in [-0.05, 0) is 0 Å². The highest BCUT2D eigenvalue weighted by Crippen LogP contribution is 1.96. The Morgan fingerprint density at radius 3 is 3.30 bits per heavy atom. The van der Waals surface area contributed by atoms with Gasteiger partial charge in [0.2, 0.25) is 0 Å². The topological polar surface area (TPSA) is 52.3 Å². The molecule has 0 aromatic carbocycles. The van der Waals surface area contributed by atoms with Crippen LogP contribution in [0, 0.1) is 0 Å². The Kier molecular flexibility index (Phi) is 2.49. The Morgan fingerprint density at radius 1 is 1.80 bits per heavy atom. The van der Waals surface area contributed by atoms with E-state index in [9.17, 15) is 4.79 Å². The van der Waals surface area contributed by atoms with Crippen molar-refractivity contribution in [2.24, 2.45) is 0 Å². The van der Waals surface area contributed by atoms with E-state index in [0.29, 0.717) is 19.5 Å². The fourth-order valence-corrected chi connectivity index (χ4v) is 0.575. The van der Waals surface area contributed by atoms with Crippen LogP contribution >= 0.6 is 0 Å². The lowest BCUT2D eigenvalue weighted by atomic mass is 10.3. The van der Waals surface area contributed by atoms with Crippen LogP contribution in [0.25, 0.3) is 0 Å². The molecule has 0 N–H and O–H groups in total. The SMILES string of the molecule is O=COCCc1cnoc1. The number of carbonyl (C=O) groups excluding carboxylic acids is 1. The molecule has 4 nitrogen and oxygen atoms in total. The van der Waals surface area contributed by atoms with E-state index in [1.165, 1.54) is 6.26 Å². The van der Waals surface area contributed by atoms with Crippen LogP contribution in [0.1, 0.15) is 5.56 Å². The molecule has 4 heteroatoms. The maximum absolute atomic E-state index is 9.67. The second-order valence-electron chi connectivity index (χ2n) is 1.75. The van der Waals surface area contributed by atoms with E-state index in [1.54, 1.807) is 6.20 Å². The zero-order valence-electron chi connectivity index (χ0n) is 5.32. The number of hydrogen-bond acceptors (Lipinski definition) is 4. The average molecular weight is 141 g/mol. The Morgan fingerprint density at radius 2 is 2.70 bits per heavy atom. The quantitative estimate of drug-likeness (QED) is 0.449. The van der Waals surface area contributed by atoms with Gasteiger partial charge in [-0.1, -0.05) is 5.16 Å². The maximum atomic E-state index is 9.67. The van der Waals surface area contributed by atoms with Crippen molar-refractivity contribution in [2.75, 3.05) is 6.61 Å². The zero-order chi connectivity index (χ0) is 7.23. The monoisotopic (exact) mass is 141 g/mol. The highest BCUT2D eigenvalue weighted by atomic mass is 16.5. The Bertz CT molecular complexity index is 183. The molecule has 0 fully saturated rings. The molecule has 0 radical (unpaired) electrons. The Labute approximate surface area is 57.8 Å². The van der Waals surface area contributed by atoms with Crippen molar-refractivity contribution in [3.05, 3.63) is 18.0 Å². The van der Waals surface area contributed by atoms with E-state index in [1.807, 2.05) is 0 Å². The van der Waals surface area contributed by atoms with Crippen molar-refractivity contribution in [3.8, 4) is 0 Å². The lowest BCUT2D eigenvalue weighted by Crippen LogP contribution is -1.94. The minimum absolute atomic E-state index is 0.380. The second kappa shape index (κ2) is 3.66. The van der Waals surface area contributed by atoms with Gasteiger partial charge in [0.15, 0.2) is 0 Å². The number of carbonyl (C=O) groups is 1. The standard InChI is InChI=1S/C6H7NO3/c8-5-9-2-1-6-3-7-10-4-6/h3-5H,1-2H2. The van der Waals surface area contributed by atoms with E-state index in [2.05, 4.69) is 14.4 Å². The number of nitrogens with zero attached hydrogens (tertiary/aromatic N) is 1. The number of ether oxygens (including phenoxy) is 1. The molecule has 0 unspecified atom stereocenters. The summed E-state index contributed by atoms with van der Waals surface area (Å²) in [4.78, 5) is 9.67. The molecule has 0 aliphatic carbocycles. The van der Waals surface area contributed by atoms with Gasteiger partial charge >= 0.3 is 0 Å². The zero-order valence-corrected chi connectivity index (χ0v) is 5.32. The molecule has 1 aromatic rings. The molecule has 1 heterocycles. The van der Waals surface area contributed by atoms with Crippen LogP contribution in [-0.4, -0.2) is 18.2 Å².